The van der Waals surface area contributed by atoms with Crippen LogP contribution in [0.4, 0.5) is 0 Å². The standard InChI is InChI=1S/C18H18N2O5/c21-15(11-7-8-11)19-9-3-4-12(10-19)18(24)25-20-16(22)13-5-1-2-6-14(13)17(20)23/h1-2,5-6,11-12H,3-4,7-10H2. The Balaban J connectivity index is 1.43. The highest BCUT2D eigenvalue weighted by atomic mass is 16.7. The Hall–Kier alpha value is -2.70. The molecule has 2 aliphatic heterocycles. The van der Waals surface area contributed by atoms with Gasteiger partial charge >= 0.3 is 5.97 Å². The van der Waals surface area contributed by atoms with Crippen molar-refractivity contribution in [2.24, 2.45) is 11.8 Å². The number of imide groups is 1. The highest BCUT2D eigenvalue weighted by Crippen LogP contribution is 2.33. The van der Waals surface area contributed by atoms with E-state index in [1.165, 1.54) is 12.1 Å². The lowest BCUT2D eigenvalue weighted by Gasteiger charge is -2.32. The number of likely N-dealkylation sites (tertiary alicyclic amines) is 1. The Bertz CT molecular complexity index is 735. The van der Waals surface area contributed by atoms with Gasteiger partial charge in [0.25, 0.3) is 11.8 Å². The number of hydrogen-bond acceptors (Lipinski definition) is 5. The van der Waals surface area contributed by atoms with Crippen LogP contribution in [0.1, 0.15) is 46.4 Å². The molecular weight excluding hydrogens is 324 g/mol. The van der Waals surface area contributed by atoms with Crippen LogP contribution in [0.15, 0.2) is 24.3 Å². The van der Waals surface area contributed by atoms with E-state index in [-0.39, 0.29) is 29.5 Å². The Morgan fingerprint density at radius 3 is 2.20 bits per heavy atom. The summed E-state index contributed by atoms with van der Waals surface area (Å²) in [6.45, 7) is 0.934. The number of benzene rings is 1. The van der Waals surface area contributed by atoms with Gasteiger partial charge in [-0.3, -0.25) is 14.4 Å². The van der Waals surface area contributed by atoms with Gasteiger partial charge in [-0.05, 0) is 37.8 Å². The van der Waals surface area contributed by atoms with Crippen LogP contribution in [0.5, 0.6) is 0 Å². The Kier molecular flexibility index (Phi) is 3.78. The van der Waals surface area contributed by atoms with Gasteiger partial charge in [0.15, 0.2) is 0 Å². The van der Waals surface area contributed by atoms with Crippen molar-refractivity contribution in [3.05, 3.63) is 35.4 Å². The number of fused-ring (bicyclic) bond motifs is 1. The van der Waals surface area contributed by atoms with E-state index in [2.05, 4.69) is 0 Å². The molecule has 7 nitrogen and oxygen atoms in total. The van der Waals surface area contributed by atoms with Gasteiger partial charge in [0.05, 0.1) is 17.0 Å². The fraction of sp³-hybridized carbons (Fsp3) is 0.444. The van der Waals surface area contributed by atoms with Crippen LogP contribution in [0.2, 0.25) is 0 Å². The molecule has 0 N–H and O–H groups in total. The molecule has 0 radical (unpaired) electrons. The number of hydrogen-bond donors (Lipinski definition) is 0. The molecule has 130 valence electrons. The lowest BCUT2D eigenvalue weighted by molar-refractivity contribution is -0.176. The molecule has 2 heterocycles. The molecule has 0 aromatic heterocycles. The van der Waals surface area contributed by atoms with Crippen LogP contribution < -0.4 is 0 Å². The fourth-order valence-corrected chi connectivity index (χ4v) is 3.37. The van der Waals surface area contributed by atoms with Crippen molar-refractivity contribution in [2.75, 3.05) is 13.1 Å². The van der Waals surface area contributed by atoms with Crippen molar-refractivity contribution in [1.82, 2.24) is 9.96 Å². The van der Waals surface area contributed by atoms with Crippen LogP contribution in [-0.4, -0.2) is 46.7 Å². The summed E-state index contributed by atoms with van der Waals surface area (Å²) in [5.74, 6) is -2.21. The van der Waals surface area contributed by atoms with Gasteiger partial charge in [-0.25, -0.2) is 4.79 Å². The maximum absolute atomic E-state index is 12.4. The lowest BCUT2D eigenvalue weighted by Crippen LogP contribution is -2.45. The monoisotopic (exact) mass is 342 g/mol. The molecule has 25 heavy (non-hydrogen) atoms. The van der Waals surface area contributed by atoms with Gasteiger partial charge in [0.1, 0.15) is 0 Å². The third-order valence-electron chi connectivity index (χ3n) is 4.93. The van der Waals surface area contributed by atoms with Crippen molar-refractivity contribution in [2.45, 2.75) is 25.7 Å². The van der Waals surface area contributed by atoms with Gasteiger partial charge in [-0.2, -0.15) is 0 Å². The van der Waals surface area contributed by atoms with Crippen LogP contribution in [0.25, 0.3) is 0 Å². The summed E-state index contributed by atoms with van der Waals surface area (Å²) < 4.78 is 0. The summed E-state index contributed by atoms with van der Waals surface area (Å²) in [6.07, 6.45) is 3.12. The molecule has 3 amide bonds. The molecule has 1 unspecified atom stereocenters. The number of carbonyl (C=O) groups excluding carboxylic acids is 4. The summed E-state index contributed by atoms with van der Waals surface area (Å²) in [6, 6.07) is 6.36. The second-order valence-electron chi connectivity index (χ2n) is 6.76. The Morgan fingerprint density at radius 2 is 1.60 bits per heavy atom. The predicted octanol–water partition coefficient (Wildman–Crippen LogP) is 1.39. The summed E-state index contributed by atoms with van der Waals surface area (Å²) in [5.41, 5.74) is 0.462. The van der Waals surface area contributed by atoms with E-state index in [9.17, 15) is 19.2 Å². The fourth-order valence-electron chi connectivity index (χ4n) is 3.37. The predicted molar refractivity (Wildman–Crippen MR) is 85.1 cm³/mol. The van der Waals surface area contributed by atoms with Crippen molar-refractivity contribution in [3.63, 3.8) is 0 Å². The van der Waals surface area contributed by atoms with Crippen molar-refractivity contribution < 1.29 is 24.0 Å². The van der Waals surface area contributed by atoms with Crippen LogP contribution in [0.3, 0.4) is 0 Å². The molecule has 1 aromatic rings. The first-order valence-electron chi connectivity index (χ1n) is 8.54. The van der Waals surface area contributed by atoms with Gasteiger partial charge < -0.3 is 9.74 Å². The zero-order valence-corrected chi connectivity index (χ0v) is 13.6. The number of nitrogens with zero attached hydrogens (tertiary/aromatic N) is 2. The minimum Gasteiger partial charge on any atom is -0.342 e. The molecule has 1 aliphatic carbocycles. The van der Waals surface area contributed by atoms with Gasteiger partial charge in [0, 0.05) is 19.0 Å². The first kappa shape index (κ1) is 15.8. The summed E-state index contributed by atoms with van der Waals surface area (Å²) in [5, 5.41) is 0.536. The van der Waals surface area contributed by atoms with Crippen molar-refractivity contribution >= 4 is 23.7 Å². The molecular formula is C18H18N2O5. The third-order valence-corrected chi connectivity index (χ3v) is 4.93. The molecule has 4 rings (SSSR count). The second kappa shape index (κ2) is 5.98. The number of hydroxylamine groups is 2. The van der Waals surface area contributed by atoms with Gasteiger partial charge in [-0.1, -0.05) is 17.2 Å². The number of piperidine rings is 1. The number of carbonyl (C=O) groups is 4. The Morgan fingerprint density at radius 1 is 0.960 bits per heavy atom. The molecule has 1 aromatic carbocycles. The van der Waals surface area contributed by atoms with Crippen LogP contribution >= 0.6 is 0 Å². The van der Waals surface area contributed by atoms with E-state index in [4.69, 9.17) is 4.84 Å². The summed E-state index contributed by atoms with van der Waals surface area (Å²) in [7, 11) is 0. The Labute approximate surface area is 144 Å². The van der Waals surface area contributed by atoms with E-state index in [1.807, 2.05) is 0 Å². The van der Waals surface area contributed by atoms with Crippen LogP contribution in [0, 0.1) is 11.8 Å². The maximum atomic E-state index is 12.4. The lowest BCUT2D eigenvalue weighted by atomic mass is 9.98. The molecule has 1 atom stereocenters. The average molecular weight is 342 g/mol. The number of rotatable bonds is 3. The first-order chi connectivity index (χ1) is 12.1. The third kappa shape index (κ3) is 2.79. The molecule has 3 aliphatic rings. The molecule has 1 saturated heterocycles. The van der Waals surface area contributed by atoms with E-state index in [0.29, 0.717) is 24.4 Å². The first-order valence-corrected chi connectivity index (χ1v) is 8.54. The highest BCUT2D eigenvalue weighted by Gasteiger charge is 2.41. The molecule has 1 saturated carbocycles. The molecule has 0 bridgehead atoms. The molecule has 2 fully saturated rings. The minimum atomic E-state index is -0.636. The number of amides is 3. The minimum absolute atomic E-state index is 0.0956. The largest absolute Gasteiger partial charge is 0.342 e. The smallest absolute Gasteiger partial charge is 0.338 e. The van der Waals surface area contributed by atoms with E-state index in [0.717, 1.165) is 12.8 Å². The van der Waals surface area contributed by atoms with E-state index < -0.39 is 23.7 Å². The quantitative estimate of drug-likeness (QED) is 0.775. The maximum Gasteiger partial charge on any atom is 0.338 e. The normalized spacial score (nSPS) is 22.8. The summed E-state index contributed by atoms with van der Waals surface area (Å²) in [4.78, 5) is 56.0. The SMILES string of the molecule is O=C(ON1C(=O)c2ccccc2C1=O)C1CCCN(C(=O)C2CC2)C1. The zero-order chi connectivity index (χ0) is 17.6. The second-order valence-corrected chi connectivity index (χ2v) is 6.76. The zero-order valence-electron chi connectivity index (χ0n) is 13.6. The topological polar surface area (TPSA) is 84.0 Å². The van der Waals surface area contributed by atoms with Crippen molar-refractivity contribution in [1.29, 1.82) is 0 Å². The van der Waals surface area contributed by atoms with E-state index >= 15 is 0 Å². The molecule has 0 spiro atoms. The van der Waals surface area contributed by atoms with Crippen molar-refractivity contribution in [3.8, 4) is 0 Å². The van der Waals surface area contributed by atoms with Gasteiger partial charge in [-0.15, -0.1) is 0 Å². The summed E-state index contributed by atoms with van der Waals surface area (Å²) >= 11 is 0. The van der Waals surface area contributed by atoms with Gasteiger partial charge in [0.2, 0.25) is 5.91 Å². The van der Waals surface area contributed by atoms with Crippen LogP contribution in [-0.2, 0) is 14.4 Å². The average Bonchev–Trinajstić information content (AvgIpc) is 3.46. The van der Waals surface area contributed by atoms with E-state index in [1.54, 1.807) is 17.0 Å². The molecule has 7 heteroatoms. The highest BCUT2D eigenvalue weighted by molar-refractivity contribution is 6.20.